The number of rotatable bonds is 9. The highest BCUT2D eigenvalue weighted by molar-refractivity contribution is 9.10. The molecule has 200 valence electrons. The van der Waals surface area contributed by atoms with Gasteiger partial charge < -0.3 is 10.4 Å². The Morgan fingerprint density at radius 3 is 2.15 bits per heavy atom. The van der Waals surface area contributed by atoms with Crippen LogP contribution in [0.4, 0.5) is 5.69 Å². The predicted molar refractivity (Wildman–Crippen MR) is 156 cm³/mol. The van der Waals surface area contributed by atoms with Crippen molar-refractivity contribution in [2.24, 2.45) is 0 Å². The predicted octanol–water partition coefficient (Wildman–Crippen LogP) is 7.17. The maximum atomic E-state index is 13.4. The quantitative estimate of drug-likeness (QED) is 0.178. The first-order chi connectivity index (χ1) is 18.5. The van der Waals surface area contributed by atoms with Crippen LogP contribution < -0.4 is 10.0 Å². The van der Waals surface area contributed by atoms with E-state index in [0.29, 0.717) is 10.0 Å². The van der Waals surface area contributed by atoms with Gasteiger partial charge in [0.2, 0.25) is 0 Å². The van der Waals surface area contributed by atoms with Crippen molar-refractivity contribution in [1.29, 1.82) is 0 Å². The third kappa shape index (κ3) is 7.19. The molecule has 0 radical (unpaired) electrons. The molecule has 1 amide bonds. The van der Waals surface area contributed by atoms with E-state index < -0.39 is 27.9 Å². The van der Waals surface area contributed by atoms with Crippen molar-refractivity contribution in [3.05, 3.63) is 117 Å². The third-order valence-electron chi connectivity index (χ3n) is 5.78. The zero-order valence-electron chi connectivity index (χ0n) is 20.1. The number of sulfonamides is 1. The summed E-state index contributed by atoms with van der Waals surface area (Å²) in [6.45, 7) is 0. The Labute approximate surface area is 244 Å². The van der Waals surface area contributed by atoms with Crippen molar-refractivity contribution in [2.75, 3.05) is 4.72 Å². The number of hydrogen-bond donors (Lipinski definition) is 3. The van der Waals surface area contributed by atoms with Crippen molar-refractivity contribution in [3.63, 3.8) is 0 Å². The maximum Gasteiger partial charge on any atom is 0.305 e. The van der Waals surface area contributed by atoms with Gasteiger partial charge in [-0.05, 0) is 53.1 Å². The van der Waals surface area contributed by atoms with Crippen LogP contribution in [0.5, 0.6) is 0 Å². The number of aliphatic carboxylic acids is 1. The Morgan fingerprint density at radius 1 is 0.846 bits per heavy atom. The molecule has 0 fully saturated rings. The Balaban J connectivity index is 1.62. The number of nitrogens with one attached hydrogen (secondary N) is 2. The molecule has 0 aliphatic rings. The van der Waals surface area contributed by atoms with Crippen molar-refractivity contribution in [1.82, 2.24) is 5.32 Å². The van der Waals surface area contributed by atoms with E-state index in [9.17, 15) is 23.1 Å². The molecule has 0 aliphatic heterocycles. The normalized spacial score (nSPS) is 12.0. The number of anilines is 1. The van der Waals surface area contributed by atoms with E-state index in [1.54, 1.807) is 18.2 Å². The molecule has 4 aromatic carbocycles. The first-order valence-electron chi connectivity index (χ1n) is 11.5. The maximum absolute atomic E-state index is 13.4. The molecule has 0 aromatic heterocycles. The second kappa shape index (κ2) is 12.2. The SMILES string of the molecule is O=C(O)CC(NC(=O)c1cc(Br)ccc1NS(=O)(=O)c1ccc(Cl)c(Cl)c1)c1ccc(-c2ccccc2)cc1. The van der Waals surface area contributed by atoms with Crippen LogP contribution >= 0.6 is 39.1 Å². The van der Waals surface area contributed by atoms with Crippen molar-refractivity contribution >= 4 is 66.7 Å². The number of halogens is 3. The van der Waals surface area contributed by atoms with Crippen molar-refractivity contribution < 1.29 is 23.1 Å². The highest BCUT2D eigenvalue weighted by atomic mass is 79.9. The van der Waals surface area contributed by atoms with Crippen LogP contribution in [0, 0.1) is 0 Å². The van der Waals surface area contributed by atoms with Crippen LogP contribution in [-0.2, 0) is 14.8 Å². The molecule has 0 aliphatic carbocycles. The monoisotopic (exact) mass is 646 g/mol. The fraction of sp³-hybridized carbons (Fsp3) is 0.0714. The Morgan fingerprint density at radius 2 is 1.51 bits per heavy atom. The largest absolute Gasteiger partial charge is 0.481 e. The van der Waals surface area contributed by atoms with E-state index in [1.807, 2.05) is 42.5 Å². The van der Waals surface area contributed by atoms with Crippen LogP contribution in [0.15, 0.2) is 100 Å². The molecule has 0 spiro atoms. The van der Waals surface area contributed by atoms with Crippen LogP contribution in [0.1, 0.15) is 28.4 Å². The summed E-state index contributed by atoms with van der Waals surface area (Å²) in [6, 6.07) is 24.3. The van der Waals surface area contributed by atoms with E-state index in [-0.39, 0.29) is 32.6 Å². The summed E-state index contributed by atoms with van der Waals surface area (Å²) < 4.78 is 29.0. The molecule has 39 heavy (non-hydrogen) atoms. The topological polar surface area (TPSA) is 113 Å². The lowest BCUT2D eigenvalue weighted by Crippen LogP contribution is -2.31. The minimum atomic E-state index is -4.13. The van der Waals surface area contributed by atoms with Crippen LogP contribution in [0.25, 0.3) is 11.1 Å². The minimum Gasteiger partial charge on any atom is -0.481 e. The van der Waals surface area contributed by atoms with Gasteiger partial charge >= 0.3 is 5.97 Å². The first-order valence-corrected chi connectivity index (χ1v) is 14.5. The number of carboxylic acid groups (broad SMARTS) is 1. The van der Waals surface area contributed by atoms with E-state index in [1.165, 1.54) is 30.3 Å². The number of benzene rings is 4. The molecule has 11 heteroatoms. The molecule has 0 bridgehead atoms. The Kier molecular flexibility index (Phi) is 8.97. The average Bonchev–Trinajstić information content (AvgIpc) is 2.91. The number of amides is 1. The summed E-state index contributed by atoms with van der Waals surface area (Å²) in [5, 5.41) is 12.5. The van der Waals surface area contributed by atoms with Gasteiger partial charge in [0.1, 0.15) is 0 Å². The van der Waals surface area contributed by atoms with Gasteiger partial charge in [0.05, 0.1) is 38.7 Å². The smallest absolute Gasteiger partial charge is 0.305 e. The Hall–Kier alpha value is -3.37. The molecular weight excluding hydrogens is 627 g/mol. The van der Waals surface area contributed by atoms with Crippen LogP contribution in [-0.4, -0.2) is 25.4 Å². The fourth-order valence-electron chi connectivity index (χ4n) is 3.84. The summed E-state index contributed by atoms with van der Waals surface area (Å²) in [5.41, 5.74) is 2.50. The van der Waals surface area contributed by atoms with Crippen molar-refractivity contribution in [2.45, 2.75) is 17.4 Å². The van der Waals surface area contributed by atoms with Gasteiger partial charge in [-0.25, -0.2) is 8.42 Å². The number of carboxylic acids is 1. The summed E-state index contributed by atoms with van der Waals surface area (Å²) in [4.78, 5) is 24.9. The minimum absolute atomic E-state index is 0.00438. The molecule has 3 N–H and O–H groups in total. The summed E-state index contributed by atoms with van der Waals surface area (Å²) in [5.74, 6) is -1.77. The molecule has 4 aromatic rings. The van der Waals surface area contributed by atoms with E-state index in [4.69, 9.17) is 23.2 Å². The summed E-state index contributed by atoms with van der Waals surface area (Å²) >= 11 is 15.2. The molecule has 1 unspecified atom stereocenters. The van der Waals surface area contributed by atoms with E-state index >= 15 is 0 Å². The average molecular weight is 648 g/mol. The second-order valence-corrected chi connectivity index (χ2v) is 11.9. The van der Waals surface area contributed by atoms with Gasteiger partial charge in [-0.2, -0.15) is 0 Å². The molecule has 7 nitrogen and oxygen atoms in total. The number of carbonyl (C=O) groups is 2. The summed E-state index contributed by atoms with van der Waals surface area (Å²) in [6.07, 6.45) is -0.380. The summed E-state index contributed by atoms with van der Waals surface area (Å²) in [7, 11) is -4.13. The van der Waals surface area contributed by atoms with Gasteiger partial charge in [-0.3, -0.25) is 14.3 Å². The second-order valence-electron chi connectivity index (χ2n) is 8.48. The lowest BCUT2D eigenvalue weighted by molar-refractivity contribution is -0.137. The molecular formula is C28H21BrCl2N2O5S. The molecule has 4 rings (SSSR count). The highest BCUT2D eigenvalue weighted by Gasteiger charge is 2.24. The van der Waals surface area contributed by atoms with Gasteiger partial charge in [0, 0.05) is 4.47 Å². The van der Waals surface area contributed by atoms with Gasteiger partial charge in [0.25, 0.3) is 15.9 Å². The van der Waals surface area contributed by atoms with Gasteiger partial charge in [-0.1, -0.05) is 93.7 Å². The number of carbonyl (C=O) groups excluding carboxylic acids is 1. The zero-order chi connectivity index (χ0) is 28.2. The highest BCUT2D eigenvalue weighted by Crippen LogP contribution is 2.29. The van der Waals surface area contributed by atoms with Crippen molar-refractivity contribution in [3.8, 4) is 11.1 Å². The molecule has 0 saturated carbocycles. The van der Waals surface area contributed by atoms with Gasteiger partial charge in [-0.15, -0.1) is 0 Å². The Bertz CT molecular complexity index is 1630. The first kappa shape index (κ1) is 28.6. The fourth-order valence-corrected chi connectivity index (χ4v) is 5.67. The van der Waals surface area contributed by atoms with Crippen LogP contribution in [0.2, 0.25) is 10.0 Å². The van der Waals surface area contributed by atoms with E-state index in [2.05, 4.69) is 26.0 Å². The number of hydrogen-bond acceptors (Lipinski definition) is 4. The lowest BCUT2D eigenvalue weighted by atomic mass is 9.98. The third-order valence-corrected chi connectivity index (χ3v) is 8.37. The lowest BCUT2D eigenvalue weighted by Gasteiger charge is -2.20. The standard InChI is InChI=1S/C28H21BrCl2N2O5S/c29-20-10-13-25(33-39(37,38)21-11-12-23(30)24(31)15-21)22(14-20)28(36)32-26(16-27(34)35)19-8-6-18(7-9-19)17-4-2-1-3-5-17/h1-15,26,33H,16H2,(H,32,36)(H,34,35). The zero-order valence-corrected chi connectivity index (χ0v) is 24.0. The van der Waals surface area contributed by atoms with Gasteiger partial charge in [0.15, 0.2) is 0 Å². The molecule has 0 heterocycles. The van der Waals surface area contributed by atoms with E-state index in [0.717, 1.165) is 11.1 Å². The van der Waals surface area contributed by atoms with Crippen LogP contribution in [0.3, 0.4) is 0 Å². The molecule has 0 saturated heterocycles. The molecule has 1 atom stereocenters.